The highest BCUT2D eigenvalue weighted by atomic mass is 16.3. The lowest BCUT2D eigenvalue weighted by atomic mass is 10.3. The number of aliphatic hydroxyl groups is 1. The maximum Gasteiger partial charge on any atom is 0.252 e. The van der Waals surface area contributed by atoms with Crippen LogP contribution in [0.2, 0.25) is 0 Å². The van der Waals surface area contributed by atoms with E-state index in [2.05, 4.69) is 15.3 Å². The standard InChI is InChI=1S/C13H18N4O2/c1-8(2)17-11(19)5-4-10-6-14-13(16-12(10)17)15-9(3)7-18/h4-6,8-9,18H,7H2,1-3H3,(H,14,15,16). The van der Waals surface area contributed by atoms with E-state index in [9.17, 15) is 4.79 Å². The van der Waals surface area contributed by atoms with Crippen LogP contribution in [0.25, 0.3) is 11.0 Å². The molecule has 2 aromatic heterocycles. The summed E-state index contributed by atoms with van der Waals surface area (Å²) in [5.41, 5.74) is 0.521. The number of hydrogen-bond acceptors (Lipinski definition) is 5. The van der Waals surface area contributed by atoms with Crippen molar-refractivity contribution in [3.63, 3.8) is 0 Å². The Morgan fingerprint density at radius 1 is 1.37 bits per heavy atom. The van der Waals surface area contributed by atoms with Gasteiger partial charge in [0.1, 0.15) is 5.65 Å². The lowest BCUT2D eigenvalue weighted by molar-refractivity contribution is 0.281. The molecule has 0 radical (unpaired) electrons. The molecule has 2 aromatic rings. The van der Waals surface area contributed by atoms with E-state index in [-0.39, 0.29) is 24.2 Å². The van der Waals surface area contributed by atoms with Crippen LogP contribution in [0.3, 0.4) is 0 Å². The maximum atomic E-state index is 11.9. The van der Waals surface area contributed by atoms with Crippen LogP contribution in [0.4, 0.5) is 5.95 Å². The first-order valence-corrected chi connectivity index (χ1v) is 6.28. The minimum absolute atomic E-state index is 0.00677. The molecule has 0 saturated carbocycles. The second-order valence-corrected chi connectivity index (χ2v) is 4.84. The highest BCUT2D eigenvalue weighted by molar-refractivity contribution is 5.75. The van der Waals surface area contributed by atoms with Gasteiger partial charge in [-0.05, 0) is 26.8 Å². The largest absolute Gasteiger partial charge is 0.394 e. The molecular formula is C13H18N4O2. The maximum absolute atomic E-state index is 11.9. The molecule has 1 unspecified atom stereocenters. The van der Waals surface area contributed by atoms with Crippen molar-refractivity contribution in [2.45, 2.75) is 32.9 Å². The second kappa shape index (κ2) is 5.36. The van der Waals surface area contributed by atoms with Crippen molar-refractivity contribution in [3.8, 4) is 0 Å². The van der Waals surface area contributed by atoms with E-state index < -0.39 is 0 Å². The fraction of sp³-hybridized carbons (Fsp3) is 0.462. The number of anilines is 1. The molecule has 2 heterocycles. The van der Waals surface area contributed by atoms with E-state index >= 15 is 0 Å². The van der Waals surface area contributed by atoms with E-state index in [1.54, 1.807) is 16.8 Å². The van der Waals surface area contributed by atoms with Crippen molar-refractivity contribution in [3.05, 3.63) is 28.7 Å². The minimum atomic E-state index is -0.139. The predicted octanol–water partition coefficient (Wildman–Crippen LogP) is 1.17. The second-order valence-electron chi connectivity index (χ2n) is 4.84. The molecule has 102 valence electrons. The molecule has 0 fully saturated rings. The fourth-order valence-corrected chi connectivity index (χ4v) is 1.87. The summed E-state index contributed by atoms with van der Waals surface area (Å²) in [4.78, 5) is 20.5. The number of hydrogen-bond donors (Lipinski definition) is 2. The number of nitrogens with one attached hydrogen (secondary N) is 1. The van der Waals surface area contributed by atoms with Crippen molar-refractivity contribution >= 4 is 17.0 Å². The average molecular weight is 262 g/mol. The minimum Gasteiger partial charge on any atom is -0.394 e. The van der Waals surface area contributed by atoms with Gasteiger partial charge in [-0.15, -0.1) is 0 Å². The number of rotatable bonds is 4. The molecule has 0 aliphatic heterocycles. The lowest BCUT2D eigenvalue weighted by Crippen LogP contribution is -2.24. The summed E-state index contributed by atoms with van der Waals surface area (Å²) in [5, 5.41) is 12.8. The van der Waals surface area contributed by atoms with Crippen LogP contribution in [0.1, 0.15) is 26.8 Å². The van der Waals surface area contributed by atoms with Gasteiger partial charge in [-0.2, -0.15) is 4.98 Å². The monoisotopic (exact) mass is 262 g/mol. The number of pyridine rings is 1. The Labute approximate surface area is 111 Å². The molecule has 1 atom stereocenters. The van der Waals surface area contributed by atoms with Crippen molar-refractivity contribution in [1.82, 2.24) is 14.5 Å². The van der Waals surface area contributed by atoms with Gasteiger partial charge in [0.05, 0.1) is 6.61 Å². The van der Waals surface area contributed by atoms with Crippen LogP contribution >= 0.6 is 0 Å². The molecule has 0 saturated heterocycles. The molecule has 2 N–H and O–H groups in total. The Morgan fingerprint density at radius 2 is 2.11 bits per heavy atom. The molecule has 2 rings (SSSR count). The first-order valence-electron chi connectivity index (χ1n) is 6.28. The SMILES string of the molecule is CC(CO)Nc1ncc2ccc(=O)n(C(C)C)c2n1. The van der Waals surface area contributed by atoms with Gasteiger partial charge in [0.2, 0.25) is 5.95 Å². The smallest absolute Gasteiger partial charge is 0.252 e. The van der Waals surface area contributed by atoms with Gasteiger partial charge in [-0.1, -0.05) is 0 Å². The van der Waals surface area contributed by atoms with Crippen LogP contribution in [0.5, 0.6) is 0 Å². The quantitative estimate of drug-likeness (QED) is 0.864. The summed E-state index contributed by atoms with van der Waals surface area (Å²) in [5.74, 6) is 0.411. The molecule has 0 aliphatic carbocycles. The summed E-state index contributed by atoms with van der Waals surface area (Å²) in [6, 6.07) is 3.12. The molecule has 19 heavy (non-hydrogen) atoms. The lowest BCUT2D eigenvalue weighted by Gasteiger charge is -2.15. The summed E-state index contributed by atoms with van der Waals surface area (Å²) in [6.45, 7) is 5.69. The summed E-state index contributed by atoms with van der Waals surface area (Å²) < 4.78 is 1.63. The number of fused-ring (bicyclic) bond motifs is 1. The summed E-state index contributed by atoms with van der Waals surface area (Å²) in [7, 11) is 0. The van der Waals surface area contributed by atoms with Crippen molar-refractivity contribution in [2.75, 3.05) is 11.9 Å². The molecule has 0 amide bonds. The number of aliphatic hydroxyl groups excluding tert-OH is 1. The molecule has 6 nitrogen and oxygen atoms in total. The van der Waals surface area contributed by atoms with E-state index in [1.807, 2.05) is 20.8 Å². The Kier molecular flexibility index (Phi) is 3.80. The third kappa shape index (κ3) is 2.73. The fourth-order valence-electron chi connectivity index (χ4n) is 1.87. The van der Waals surface area contributed by atoms with Gasteiger partial charge in [0, 0.05) is 29.7 Å². The zero-order valence-corrected chi connectivity index (χ0v) is 11.3. The van der Waals surface area contributed by atoms with Gasteiger partial charge in [0.15, 0.2) is 0 Å². The Morgan fingerprint density at radius 3 is 2.74 bits per heavy atom. The van der Waals surface area contributed by atoms with Crippen molar-refractivity contribution < 1.29 is 5.11 Å². The Balaban J connectivity index is 2.56. The van der Waals surface area contributed by atoms with Gasteiger partial charge in [-0.3, -0.25) is 9.36 Å². The van der Waals surface area contributed by atoms with Gasteiger partial charge in [-0.25, -0.2) is 4.98 Å². The van der Waals surface area contributed by atoms with Crippen LogP contribution < -0.4 is 10.9 Å². The van der Waals surface area contributed by atoms with Gasteiger partial charge < -0.3 is 10.4 Å². The van der Waals surface area contributed by atoms with Crippen molar-refractivity contribution in [2.24, 2.45) is 0 Å². The van der Waals surface area contributed by atoms with E-state index in [4.69, 9.17) is 5.11 Å². The van der Waals surface area contributed by atoms with Gasteiger partial charge >= 0.3 is 0 Å². The molecular weight excluding hydrogens is 244 g/mol. The van der Waals surface area contributed by atoms with Crippen molar-refractivity contribution in [1.29, 1.82) is 0 Å². The summed E-state index contributed by atoms with van der Waals surface area (Å²) >= 11 is 0. The van der Waals surface area contributed by atoms with Gasteiger partial charge in [0.25, 0.3) is 5.56 Å². The molecule has 0 spiro atoms. The highest BCUT2D eigenvalue weighted by Crippen LogP contribution is 2.14. The highest BCUT2D eigenvalue weighted by Gasteiger charge is 2.10. The third-order valence-electron chi connectivity index (χ3n) is 2.83. The molecule has 0 bridgehead atoms. The van der Waals surface area contributed by atoms with Crippen LogP contribution in [-0.2, 0) is 0 Å². The Hall–Kier alpha value is -1.95. The van der Waals surface area contributed by atoms with Crippen LogP contribution in [-0.4, -0.2) is 32.3 Å². The number of nitrogens with zero attached hydrogens (tertiary/aromatic N) is 3. The third-order valence-corrected chi connectivity index (χ3v) is 2.83. The Bertz CT molecular complexity index is 636. The molecule has 0 aromatic carbocycles. The topological polar surface area (TPSA) is 80.0 Å². The molecule has 0 aliphatic rings. The predicted molar refractivity (Wildman–Crippen MR) is 74.4 cm³/mol. The van der Waals surface area contributed by atoms with E-state index in [0.717, 1.165) is 5.39 Å². The zero-order chi connectivity index (χ0) is 14.0. The first-order chi connectivity index (χ1) is 9.02. The molecule has 6 heteroatoms. The first kappa shape index (κ1) is 13.5. The average Bonchev–Trinajstić information content (AvgIpc) is 2.37. The van der Waals surface area contributed by atoms with Crippen LogP contribution in [0, 0.1) is 0 Å². The zero-order valence-electron chi connectivity index (χ0n) is 11.3. The van der Waals surface area contributed by atoms with E-state index in [0.29, 0.717) is 11.6 Å². The summed E-state index contributed by atoms with van der Waals surface area (Å²) in [6.07, 6.45) is 1.67. The van der Waals surface area contributed by atoms with E-state index in [1.165, 1.54) is 6.07 Å². The number of aromatic nitrogens is 3. The normalized spacial score (nSPS) is 12.9. The van der Waals surface area contributed by atoms with Crippen LogP contribution in [0.15, 0.2) is 23.1 Å².